The highest BCUT2D eigenvalue weighted by molar-refractivity contribution is 6.00. The van der Waals surface area contributed by atoms with Crippen LogP contribution in [0.4, 0.5) is 0 Å². The number of nitrogens with zero attached hydrogens (tertiary/aromatic N) is 5. The number of rotatable bonds is 7. The van der Waals surface area contributed by atoms with E-state index in [-0.39, 0.29) is 23.7 Å². The highest BCUT2D eigenvalue weighted by atomic mass is 16.5. The summed E-state index contributed by atoms with van der Waals surface area (Å²) < 4.78 is 15.7. The summed E-state index contributed by atoms with van der Waals surface area (Å²) in [6.45, 7) is 1.54. The summed E-state index contributed by atoms with van der Waals surface area (Å²) in [5.41, 5.74) is 11.8. The van der Waals surface area contributed by atoms with Crippen LogP contribution >= 0.6 is 0 Å². The maximum atomic E-state index is 13.7. The van der Waals surface area contributed by atoms with Crippen LogP contribution in [0.5, 0.6) is 17.2 Å². The molecule has 8 rings (SSSR count). The molecule has 3 fully saturated rings. The van der Waals surface area contributed by atoms with Crippen LogP contribution in [0.25, 0.3) is 44.8 Å². The number of carbonyl (C=O) groups is 1. The zero-order valence-electron chi connectivity index (χ0n) is 25.2. The zero-order chi connectivity index (χ0) is 30.3. The van der Waals surface area contributed by atoms with Gasteiger partial charge < -0.3 is 34.3 Å². The van der Waals surface area contributed by atoms with Gasteiger partial charge in [-0.05, 0) is 80.0 Å². The average Bonchev–Trinajstić information content (AvgIpc) is 3.44. The highest BCUT2D eigenvalue weighted by Crippen LogP contribution is 2.41. The summed E-state index contributed by atoms with van der Waals surface area (Å²) in [6, 6.07) is 15.3. The number of ether oxygens (including phenoxy) is 2. The van der Waals surface area contributed by atoms with Gasteiger partial charge in [-0.3, -0.25) is 4.79 Å². The molecule has 2 aromatic carbocycles. The van der Waals surface area contributed by atoms with E-state index in [1.807, 2.05) is 40.8 Å². The second-order valence-electron chi connectivity index (χ2n) is 12.5. The molecule has 0 radical (unpaired) electrons. The molecule has 3 aliphatic rings. The molecule has 5 aromatic rings. The third-order valence-electron chi connectivity index (χ3n) is 9.90. The van der Waals surface area contributed by atoms with E-state index in [2.05, 4.69) is 16.7 Å². The van der Waals surface area contributed by atoms with Gasteiger partial charge >= 0.3 is 0 Å². The minimum absolute atomic E-state index is 0.0120. The molecule has 10 nitrogen and oxygen atoms in total. The number of nitrogens with two attached hydrogens (primary N) is 1. The van der Waals surface area contributed by atoms with Crippen LogP contribution in [0.3, 0.4) is 0 Å². The van der Waals surface area contributed by atoms with Crippen molar-refractivity contribution in [2.24, 2.45) is 24.6 Å². The van der Waals surface area contributed by atoms with Gasteiger partial charge in [-0.2, -0.15) is 0 Å². The van der Waals surface area contributed by atoms with E-state index in [0.717, 1.165) is 58.7 Å². The average molecular weight is 593 g/mol. The van der Waals surface area contributed by atoms with Crippen molar-refractivity contribution in [1.82, 2.24) is 24.0 Å². The van der Waals surface area contributed by atoms with E-state index in [4.69, 9.17) is 25.2 Å². The van der Waals surface area contributed by atoms with E-state index in [1.54, 1.807) is 26.4 Å². The smallest absolute Gasteiger partial charge is 0.254 e. The number of phenols is 1. The number of aryl methyl sites for hydroxylation is 1. The number of aromatic nitrogens is 4. The predicted octanol–water partition coefficient (Wildman–Crippen LogP) is 4.95. The van der Waals surface area contributed by atoms with Crippen LogP contribution in [-0.2, 0) is 13.6 Å². The molecule has 2 aliphatic carbocycles. The van der Waals surface area contributed by atoms with E-state index < -0.39 is 0 Å². The summed E-state index contributed by atoms with van der Waals surface area (Å²) in [6.07, 6.45) is 4.42. The number of imidazole rings is 1. The quantitative estimate of drug-likeness (QED) is 0.274. The third kappa shape index (κ3) is 4.07. The normalized spacial score (nSPS) is 21.1. The van der Waals surface area contributed by atoms with Crippen molar-refractivity contribution in [2.45, 2.75) is 44.3 Å². The number of benzene rings is 2. The van der Waals surface area contributed by atoms with Gasteiger partial charge in [0.15, 0.2) is 17.3 Å². The molecule has 1 aliphatic heterocycles. The van der Waals surface area contributed by atoms with Gasteiger partial charge in [0.05, 0.1) is 31.1 Å². The van der Waals surface area contributed by atoms with Crippen molar-refractivity contribution in [3.05, 3.63) is 54.1 Å². The first-order chi connectivity index (χ1) is 21.4. The third-order valence-corrected chi connectivity index (χ3v) is 9.90. The molecule has 10 heteroatoms. The van der Waals surface area contributed by atoms with E-state index >= 15 is 0 Å². The van der Waals surface area contributed by atoms with Gasteiger partial charge in [0, 0.05) is 48.7 Å². The summed E-state index contributed by atoms with van der Waals surface area (Å²) >= 11 is 0. The number of piperidine rings is 1. The molecule has 2 saturated carbocycles. The van der Waals surface area contributed by atoms with Gasteiger partial charge in [0.1, 0.15) is 16.9 Å². The van der Waals surface area contributed by atoms with Gasteiger partial charge in [0.2, 0.25) is 0 Å². The number of carbonyl (C=O) groups excluding carboxylic acids is 1. The van der Waals surface area contributed by atoms with Crippen molar-refractivity contribution < 1.29 is 19.4 Å². The van der Waals surface area contributed by atoms with Crippen molar-refractivity contribution in [2.75, 3.05) is 20.8 Å². The maximum Gasteiger partial charge on any atom is 0.254 e. The Labute approximate surface area is 255 Å². The number of likely N-dealkylation sites (tertiary alicyclic amines) is 1. The molecular weight excluding hydrogens is 556 g/mol. The summed E-state index contributed by atoms with van der Waals surface area (Å²) in [4.78, 5) is 25.9. The molecule has 3 unspecified atom stereocenters. The molecule has 3 atom stereocenters. The molecule has 226 valence electrons. The fourth-order valence-corrected chi connectivity index (χ4v) is 7.41. The predicted molar refractivity (Wildman–Crippen MR) is 168 cm³/mol. The number of fused-ring (bicyclic) bond motifs is 4. The lowest BCUT2D eigenvalue weighted by molar-refractivity contribution is 0.0700. The van der Waals surface area contributed by atoms with Crippen molar-refractivity contribution in [3.63, 3.8) is 0 Å². The summed E-state index contributed by atoms with van der Waals surface area (Å²) in [5.74, 6) is 2.82. The fraction of sp³-hybridized carbons (Fsp3) is 0.382. The molecule has 4 heterocycles. The highest BCUT2D eigenvalue weighted by Gasteiger charge is 2.47. The van der Waals surface area contributed by atoms with Crippen LogP contribution in [0.15, 0.2) is 48.5 Å². The number of amides is 1. The molecule has 1 amide bonds. The molecule has 0 spiro atoms. The van der Waals surface area contributed by atoms with E-state index in [0.29, 0.717) is 41.0 Å². The summed E-state index contributed by atoms with van der Waals surface area (Å²) in [5, 5.41) is 11.4. The van der Waals surface area contributed by atoms with Crippen LogP contribution in [0, 0.1) is 11.8 Å². The zero-order valence-corrected chi connectivity index (χ0v) is 25.2. The first-order valence-electron chi connectivity index (χ1n) is 15.3. The molecule has 3 N–H and O–H groups in total. The molecule has 1 saturated heterocycles. The number of phenolic OH excluding ortho intramolecular Hbond substituents is 1. The standard InChI is InChI=1S/C34H36N6O4/c1-38-30-24(13-21(15-28(30)43-2)34(42)40-17-20-10-12-25(40)29(20)35)37-33(38)26-14-19-9-11-23(22-5-4-6-27(41)31(22)44-3)36-32(19)39(26)16-18-7-8-18/h4-6,9,11,13-15,18,20,25,29,41H,7-8,10,12,16-17,35H2,1-3H3. The van der Waals surface area contributed by atoms with Gasteiger partial charge in [-0.15, -0.1) is 0 Å². The van der Waals surface area contributed by atoms with Crippen LogP contribution in [0.2, 0.25) is 0 Å². The molecule has 3 aromatic heterocycles. The number of para-hydroxylation sites is 1. The lowest BCUT2D eigenvalue weighted by Crippen LogP contribution is -2.41. The first-order valence-corrected chi connectivity index (χ1v) is 15.3. The van der Waals surface area contributed by atoms with Gasteiger partial charge in [-0.25, -0.2) is 9.97 Å². The number of methoxy groups -OCH3 is 2. The Hall–Kier alpha value is -4.57. The maximum absolute atomic E-state index is 13.7. The Kier molecular flexibility index (Phi) is 6.13. The Morgan fingerprint density at radius 2 is 1.89 bits per heavy atom. The second-order valence-corrected chi connectivity index (χ2v) is 12.5. The SMILES string of the molecule is COc1c(O)cccc1-c1ccc2cc(-c3nc4cc(C(=O)N5CC6CCC5C6N)cc(OC)c4n3C)n(CC3CC3)c2n1. The largest absolute Gasteiger partial charge is 0.504 e. The van der Waals surface area contributed by atoms with E-state index in [1.165, 1.54) is 12.8 Å². The molecule has 2 bridgehead atoms. The molecular formula is C34H36N6O4. The van der Waals surface area contributed by atoms with Crippen molar-refractivity contribution in [1.29, 1.82) is 0 Å². The summed E-state index contributed by atoms with van der Waals surface area (Å²) in [7, 11) is 5.17. The lowest BCUT2D eigenvalue weighted by Gasteiger charge is -2.27. The number of hydrogen-bond donors (Lipinski definition) is 2. The fourth-order valence-electron chi connectivity index (χ4n) is 7.41. The number of aromatic hydroxyl groups is 1. The van der Waals surface area contributed by atoms with Crippen molar-refractivity contribution >= 4 is 28.0 Å². The molecule has 44 heavy (non-hydrogen) atoms. The Morgan fingerprint density at radius 3 is 2.59 bits per heavy atom. The minimum Gasteiger partial charge on any atom is -0.504 e. The Balaban J connectivity index is 1.25. The second kappa shape index (κ2) is 9.99. The van der Waals surface area contributed by atoms with Gasteiger partial charge in [-0.1, -0.05) is 6.07 Å². The minimum atomic E-state index is -0.0120. The van der Waals surface area contributed by atoms with Gasteiger partial charge in [0.25, 0.3) is 5.91 Å². The lowest BCUT2D eigenvalue weighted by atomic mass is 10.1. The van der Waals surface area contributed by atoms with Crippen LogP contribution in [-0.4, -0.2) is 67.9 Å². The van der Waals surface area contributed by atoms with E-state index in [9.17, 15) is 9.90 Å². The topological polar surface area (TPSA) is 121 Å². The number of hydrogen-bond acceptors (Lipinski definition) is 7. The van der Waals surface area contributed by atoms with Crippen LogP contribution < -0.4 is 15.2 Å². The monoisotopic (exact) mass is 592 g/mol. The Morgan fingerprint density at radius 1 is 1.05 bits per heavy atom. The van der Waals surface area contributed by atoms with Crippen LogP contribution in [0.1, 0.15) is 36.0 Å². The Bertz CT molecular complexity index is 1960. The number of pyridine rings is 1. The first kappa shape index (κ1) is 27.0. The van der Waals surface area contributed by atoms with Crippen molar-refractivity contribution in [3.8, 4) is 40.0 Å².